The van der Waals surface area contributed by atoms with Gasteiger partial charge in [0.15, 0.2) is 0 Å². The van der Waals surface area contributed by atoms with Crippen molar-refractivity contribution in [1.82, 2.24) is 25.4 Å². The Bertz CT molecular complexity index is 1450. The molecule has 6 nitrogen and oxygen atoms in total. The van der Waals surface area contributed by atoms with Gasteiger partial charge in [-0.3, -0.25) is 15.1 Å². The van der Waals surface area contributed by atoms with Crippen LogP contribution in [0.25, 0.3) is 5.57 Å². The highest BCUT2D eigenvalue weighted by molar-refractivity contribution is 7.71. The maximum atomic E-state index is 13.9. The number of benzene rings is 2. The van der Waals surface area contributed by atoms with E-state index in [-0.39, 0.29) is 17.2 Å². The zero-order valence-electron chi connectivity index (χ0n) is 22.5. The summed E-state index contributed by atoms with van der Waals surface area (Å²) >= 11 is 5.20. The van der Waals surface area contributed by atoms with Crippen molar-refractivity contribution in [2.75, 3.05) is 13.7 Å². The summed E-state index contributed by atoms with van der Waals surface area (Å²) < 4.78 is 20.2. The third-order valence-corrected chi connectivity index (χ3v) is 8.96. The van der Waals surface area contributed by atoms with Crippen LogP contribution in [0.5, 0.6) is 5.75 Å². The Labute approximate surface area is 234 Å². The Hall–Kier alpha value is -3.07. The van der Waals surface area contributed by atoms with Crippen LogP contribution in [-0.2, 0) is 13.1 Å². The minimum absolute atomic E-state index is 0.0440. The molecule has 3 unspecified atom stereocenters. The van der Waals surface area contributed by atoms with Crippen molar-refractivity contribution in [3.63, 3.8) is 0 Å². The van der Waals surface area contributed by atoms with Crippen LogP contribution in [0, 0.1) is 16.1 Å². The van der Waals surface area contributed by atoms with E-state index in [1.165, 1.54) is 17.6 Å². The second-order valence-electron chi connectivity index (χ2n) is 11.2. The summed E-state index contributed by atoms with van der Waals surface area (Å²) in [7, 11) is 1.72. The third-order valence-electron chi connectivity index (χ3n) is 8.76. The maximum Gasteiger partial charge on any atom is 0.213 e. The fourth-order valence-corrected chi connectivity index (χ4v) is 6.90. The summed E-state index contributed by atoms with van der Waals surface area (Å²) in [6.45, 7) is 4.43. The van der Waals surface area contributed by atoms with E-state index < -0.39 is 0 Å². The average Bonchev–Trinajstić information content (AvgIpc) is 3.46. The minimum atomic E-state index is -0.0825. The number of nitrogens with one attached hydrogen (secondary N) is 3. The molecule has 1 spiro atoms. The molecule has 4 atom stereocenters. The van der Waals surface area contributed by atoms with Crippen LogP contribution in [0.3, 0.4) is 0 Å². The number of likely N-dealkylation sites (tertiary alicyclic amines) is 1. The van der Waals surface area contributed by atoms with E-state index in [4.69, 9.17) is 17.0 Å². The zero-order valence-corrected chi connectivity index (χ0v) is 23.4. The van der Waals surface area contributed by atoms with Gasteiger partial charge in [0, 0.05) is 35.5 Å². The molecule has 3 aliphatic rings. The maximum absolute atomic E-state index is 13.9. The molecule has 6 rings (SSSR count). The standard InChI is InChI=1S/C31H36FN5OS/c1-20-15-22(9-11-25(20)32)23-10-12-26(38-2)24(16-23)18-33-27-17-31(27)13-6-14-37(19-28-34-30(39)36-35-28)29(31)21-7-4-3-5-8-21/h3-5,7-12,16,20,27,29,33H,6,13-15,17-19H2,1-2H3,(H2,34,35,36,39)/t20?,27?,29?,31-/m0/s1. The summed E-state index contributed by atoms with van der Waals surface area (Å²) in [6.07, 6.45) is 7.71. The summed E-state index contributed by atoms with van der Waals surface area (Å²) in [6, 6.07) is 17.9. The molecule has 0 radical (unpaired) electrons. The highest BCUT2D eigenvalue weighted by Gasteiger charge is 2.61. The van der Waals surface area contributed by atoms with Gasteiger partial charge in [0.25, 0.3) is 0 Å². The van der Waals surface area contributed by atoms with Crippen molar-refractivity contribution in [3.05, 3.63) is 93.8 Å². The number of allylic oxidation sites excluding steroid dienone is 4. The lowest BCUT2D eigenvalue weighted by Gasteiger charge is -2.43. The molecule has 8 heteroatoms. The van der Waals surface area contributed by atoms with E-state index in [0.717, 1.165) is 55.2 Å². The number of aromatic amines is 2. The van der Waals surface area contributed by atoms with Crippen LogP contribution in [-0.4, -0.2) is 39.8 Å². The SMILES string of the molecule is COc1ccc(C2=CC=C(F)C(C)C2)cc1CNC1C[C@@]12CCCN(Cc1nc(=S)[nH][nH]1)C2c1ccccc1. The molecule has 2 heterocycles. The lowest BCUT2D eigenvalue weighted by Crippen LogP contribution is -2.43. The number of rotatable bonds is 8. The molecular formula is C31H36FN5OS. The first-order valence-electron chi connectivity index (χ1n) is 13.9. The van der Waals surface area contributed by atoms with E-state index in [0.29, 0.717) is 23.3 Å². The first-order chi connectivity index (χ1) is 19.0. The van der Waals surface area contributed by atoms with Gasteiger partial charge in [-0.15, -0.1) is 0 Å². The van der Waals surface area contributed by atoms with Gasteiger partial charge in [0.05, 0.1) is 13.7 Å². The normalized spacial score (nSPS) is 26.8. The van der Waals surface area contributed by atoms with Crippen LogP contribution < -0.4 is 10.1 Å². The van der Waals surface area contributed by atoms with Gasteiger partial charge in [-0.2, -0.15) is 0 Å². The number of piperidine rings is 1. The fraction of sp³-hybridized carbons (Fsp3) is 0.419. The number of H-pyrrole nitrogens is 2. The van der Waals surface area contributed by atoms with Crippen molar-refractivity contribution in [2.24, 2.45) is 11.3 Å². The number of methoxy groups -OCH3 is 1. The number of hydrogen-bond acceptors (Lipinski definition) is 5. The van der Waals surface area contributed by atoms with Crippen LogP contribution in [0.1, 0.15) is 61.2 Å². The molecule has 3 N–H and O–H groups in total. The summed E-state index contributed by atoms with van der Waals surface area (Å²) in [4.78, 5) is 7.04. The second-order valence-corrected chi connectivity index (χ2v) is 11.6. The molecule has 1 aromatic heterocycles. The first kappa shape index (κ1) is 26.2. The quantitative estimate of drug-likeness (QED) is 0.277. The minimum Gasteiger partial charge on any atom is -0.496 e. The van der Waals surface area contributed by atoms with Crippen molar-refractivity contribution >= 4 is 17.8 Å². The molecule has 1 saturated carbocycles. The average molecular weight is 546 g/mol. The largest absolute Gasteiger partial charge is 0.496 e. The second kappa shape index (κ2) is 10.8. The molecule has 3 aromatic rings. The Kier molecular flexibility index (Phi) is 7.27. The molecule has 2 aliphatic carbocycles. The number of aromatic nitrogens is 3. The molecular weight excluding hydrogens is 509 g/mol. The molecule has 2 aromatic carbocycles. The molecule has 0 bridgehead atoms. The van der Waals surface area contributed by atoms with Crippen molar-refractivity contribution in [3.8, 4) is 5.75 Å². The molecule has 39 heavy (non-hydrogen) atoms. The summed E-state index contributed by atoms with van der Waals surface area (Å²) in [5.74, 6) is 1.63. The van der Waals surface area contributed by atoms with Crippen molar-refractivity contribution in [1.29, 1.82) is 0 Å². The summed E-state index contributed by atoms with van der Waals surface area (Å²) in [5, 5.41) is 9.98. The van der Waals surface area contributed by atoms with Gasteiger partial charge in [-0.1, -0.05) is 49.4 Å². The molecule has 0 amide bonds. The highest BCUT2D eigenvalue weighted by atomic mass is 32.1. The van der Waals surface area contributed by atoms with Gasteiger partial charge in [0.1, 0.15) is 17.4 Å². The predicted octanol–water partition coefficient (Wildman–Crippen LogP) is 6.64. The fourth-order valence-electron chi connectivity index (χ4n) is 6.74. The number of halogens is 1. The van der Waals surface area contributed by atoms with Gasteiger partial charge >= 0.3 is 0 Å². The van der Waals surface area contributed by atoms with Crippen LogP contribution in [0.2, 0.25) is 0 Å². The van der Waals surface area contributed by atoms with E-state index in [2.05, 4.69) is 67.9 Å². The predicted molar refractivity (Wildman–Crippen MR) is 154 cm³/mol. The van der Waals surface area contributed by atoms with Gasteiger partial charge in [-0.25, -0.2) is 9.37 Å². The van der Waals surface area contributed by atoms with Crippen LogP contribution in [0.4, 0.5) is 4.39 Å². The first-order valence-corrected chi connectivity index (χ1v) is 14.3. The number of hydrogen-bond donors (Lipinski definition) is 3. The molecule has 1 saturated heterocycles. The van der Waals surface area contributed by atoms with E-state index in [1.807, 2.05) is 19.1 Å². The van der Waals surface area contributed by atoms with E-state index >= 15 is 0 Å². The zero-order chi connectivity index (χ0) is 27.0. The Morgan fingerprint density at radius 3 is 2.77 bits per heavy atom. The molecule has 204 valence electrons. The highest BCUT2D eigenvalue weighted by Crippen LogP contribution is 2.62. The van der Waals surface area contributed by atoms with Crippen LogP contribution in [0.15, 0.2) is 66.5 Å². The summed E-state index contributed by atoms with van der Waals surface area (Å²) in [5.41, 5.74) is 4.96. The Balaban J connectivity index is 1.22. The lowest BCUT2D eigenvalue weighted by atomic mass is 9.81. The third kappa shape index (κ3) is 5.25. The Morgan fingerprint density at radius 1 is 1.18 bits per heavy atom. The lowest BCUT2D eigenvalue weighted by molar-refractivity contribution is 0.0618. The Morgan fingerprint density at radius 2 is 2.03 bits per heavy atom. The van der Waals surface area contributed by atoms with Crippen molar-refractivity contribution in [2.45, 2.75) is 57.8 Å². The van der Waals surface area contributed by atoms with Crippen molar-refractivity contribution < 1.29 is 9.13 Å². The topological polar surface area (TPSA) is 69.0 Å². The van der Waals surface area contributed by atoms with E-state index in [9.17, 15) is 4.39 Å². The monoisotopic (exact) mass is 545 g/mol. The molecule has 1 aliphatic heterocycles. The van der Waals surface area contributed by atoms with E-state index in [1.54, 1.807) is 13.2 Å². The number of ether oxygens (including phenoxy) is 1. The smallest absolute Gasteiger partial charge is 0.213 e. The number of nitrogens with zero attached hydrogens (tertiary/aromatic N) is 2. The van der Waals surface area contributed by atoms with Gasteiger partial charge in [-0.05, 0) is 79.4 Å². The molecule has 2 fully saturated rings. The van der Waals surface area contributed by atoms with Gasteiger partial charge in [0.2, 0.25) is 4.77 Å². The van der Waals surface area contributed by atoms with Crippen LogP contribution >= 0.6 is 12.2 Å². The van der Waals surface area contributed by atoms with Gasteiger partial charge < -0.3 is 10.1 Å².